The van der Waals surface area contributed by atoms with Crippen LogP contribution >= 0.6 is 0 Å². The first kappa shape index (κ1) is 21.8. The second kappa shape index (κ2) is 8.88. The number of anilines is 1. The fourth-order valence-electron chi connectivity index (χ4n) is 2.98. The van der Waals surface area contributed by atoms with Gasteiger partial charge in [-0.25, -0.2) is 13.2 Å². The zero-order valence-corrected chi connectivity index (χ0v) is 16.4. The van der Waals surface area contributed by atoms with Crippen LogP contribution in [0.25, 0.3) is 0 Å². The van der Waals surface area contributed by atoms with E-state index in [0.717, 1.165) is 12.1 Å². The lowest BCUT2D eigenvalue weighted by Crippen LogP contribution is -2.47. The number of piperidine rings is 1. The predicted molar refractivity (Wildman–Crippen MR) is 101 cm³/mol. The molecule has 8 nitrogen and oxygen atoms in total. The molecule has 1 aliphatic heterocycles. The van der Waals surface area contributed by atoms with Gasteiger partial charge in [0.25, 0.3) is 0 Å². The van der Waals surface area contributed by atoms with Crippen LogP contribution in [-0.4, -0.2) is 49.2 Å². The Morgan fingerprint density at radius 2 is 1.80 bits per heavy atom. The third kappa shape index (κ3) is 5.83. The summed E-state index contributed by atoms with van der Waals surface area (Å²) in [6, 6.07) is 6.99. The van der Waals surface area contributed by atoms with Gasteiger partial charge in [-0.05, 0) is 49.2 Å². The molecule has 162 valence electrons. The zero-order chi connectivity index (χ0) is 21.8. The number of nitrogens with zero attached hydrogens (tertiary/aromatic N) is 2. The van der Waals surface area contributed by atoms with Crippen LogP contribution in [0.15, 0.2) is 53.7 Å². The zero-order valence-electron chi connectivity index (χ0n) is 15.6. The summed E-state index contributed by atoms with van der Waals surface area (Å²) in [6.07, 6.45) is -1.16. The Kier molecular flexibility index (Phi) is 6.46. The van der Waals surface area contributed by atoms with Crippen molar-refractivity contribution in [2.45, 2.75) is 30.1 Å². The number of ether oxygens (including phenoxy) is 1. The normalized spacial score (nSPS) is 16.1. The van der Waals surface area contributed by atoms with Gasteiger partial charge in [-0.15, -0.1) is 13.2 Å². The van der Waals surface area contributed by atoms with Crippen molar-refractivity contribution in [2.75, 3.05) is 18.4 Å². The Morgan fingerprint density at radius 1 is 1.13 bits per heavy atom. The molecule has 0 bridgehead atoms. The van der Waals surface area contributed by atoms with Gasteiger partial charge in [0.2, 0.25) is 10.0 Å². The molecule has 1 aliphatic rings. The number of hydrogen-bond donors (Lipinski definition) is 2. The van der Waals surface area contributed by atoms with Gasteiger partial charge in [-0.2, -0.15) is 4.31 Å². The number of benzene rings is 1. The Balaban J connectivity index is 1.48. The van der Waals surface area contributed by atoms with E-state index in [1.165, 1.54) is 34.9 Å². The van der Waals surface area contributed by atoms with Crippen molar-refractivity contribution in [2.24, 2.45) is 0 Å². The lowest BCUT2D eigenvalue weighted by Gasteiger charge is -2.31. The van der Waals surface area contributed by atoms with Crippen molar-refractivity contribution in [3.63, 3.8) is 0 Å². The van der Waals surface area contributed by atoms with Gasteiger partial charge in [0, 0.05) is 37.2 Å². The highest BCUT2D eigenvalue weighted by atomic mass is 32.2. The number of pyridine rings is 1. The Hall–Kier alpha value is -2.86. The Bertz CT molecular complexity index is 961. The summed E-state index contributed by atoms with van der Waals surface area (Å²) in [5.41, 5.74) is 0.290. The van der Waals surface area contributed by atoms with Crippen LogP contribution in [0.2, 0.25) is 0 Å². The van der Waals surface area contributed by atoms with Crippen molar-refractivity contribution in [1.29, 1.82) is 0 Å². The molecule has 2 amide bonds. The maximum atomic E-state index is 12.6. The molecule has 0 spiro atoms. The maximum absolute atomic E-state index is 12.6. The minimum atomic E-state index is -4.79. The molecule has 1 aromatic heterocycles. The molecular weight excluding hydrogens is 425 g/mol. The monoisotopic (exact) mass is 444 g/mol. The van der Waals surface area contributed by atoms with Gasteiger partial charge in [-0.1, -0.05) is 0 Å². The SMILES string of the molecule is O=C(Nc1ccc(OC(F)(F)F)cc1)NC1CCN(S(=O)(=O)c2cccnc2)CC1. The van der Waals surface area contributed by atoms with Gasteiger partial charge in [0.15, 0.2) is 0 Å². The lowest BCUT2D eigenvalue weighted by atomic mass is 10.1. The highest BCUT2D eigenvalue weighted by Gasteiger charge is 2.31. The van der Waals surface area contributed by atoms with Gasteiger partial charge < -0.3 is 15.4 Å². The van der Waals surface area contributed by atoms with Crippen LogP contribution in [0, 0.1) is 0 Å². The van der Waals surface area contributed by atoms with Crippen LogP contribution in [-0.2, 0) is 10.0 Å². The number of halogens is 3. The molecule has 1 aromatic carbocycles. The number of carbonyl (C=O) groups is 1. The molecule has 1 fully saturated rings. The van der Waals surface area contributed by atoms with E-state index in [9.17, 15) is 26.4 Å². The maximum Gasteiger partial charge on any atom is 0.573 e. The predicted octanol–water partition coefficient (Wildman–Crippen LogP) is 2.96. The molecule has 1 saturated heterocycles. The van der Waals surface area contributed by atoms with Crippen molar-refractivity contribution >= 4 is 21.7 Å². The molecule has 3 rings (SSSR count). The van der Waals surface area contributed by atoms with Gasteiger partial charge in [0.05, 0.1) is 0 Å². The van der Waals surface area contributed by atoms with Crippen molar-refractivity contribution in [3.8, 4) is 5.75 Å². The summed E-state index contributed by atoms with van der Waals surface area (Å²) in [4.78, 5) is 16.1. The smallest absolute Gasteiger partial charge is 0.406 e. The topological polar surface area (TPSA) is 101 Å². The number of nitrogens with one attached hydrogen (secondary N) is 2. The van der Waals surface area contributed by atoms with E-state index < -0.39 is 28.2 Å². The largest absolute Gasteiger partial charge is 0.573 e. The molecule has 0 radical (unpaired) electrons. The van der Waals surface area contributed by atoms with E-state index in [1.54, 1.807) is 6.07 Å². The molecular formula is C18H19F3N4O4S. The molecule has 2 aromatic rings. The molecule has 2 N–H and O–H groups in total. The quantitative estimate of drug-likeness (QED) is 0.739. The molecule has 0 saturated carbocycles. The van der Waals surface area contributed by atoms with Crippen molar-refractivity contribution in [1.82, 2.24) is 14.6 Å². The average molecular weight is 444 g/mol. The molecule has 0 aliphatic carbocycles. The second-order valence-corrected chi connectivity index (χ2v) is 8.48. The molecule has 30 heavy (non-hydrogen) atoms. The minimum Gasteiger partial charge on any atom is -0.406 e. The third-order valence-electron chi connectivity index (χ3n) is 4.41. The number of carbonyl (C=O) groups excluding carboxylic acids is 1. The Morgan fingerprint density at radius 3 is 2.37 bits per heavy atom. The van der Waals surface area contributed by atoms with E-state index in [0.29, 0.717) is 18.5 Å². The van der Waals surface area contributed by atoms with Crippen LogP contribution in [0.4, 0.5) is 23.7 Å². The first-order chi connectivity index (χ1) is 14.1. The van der Waals surface area contributed by atoms with Crippen molar-refractivity contribution < 1.29 is 31.1 Å². The standard InChI is InChI=1S/C18H19F3N4O4S/c19-18(20,21)29-15-5-3-13(4-6-15)23-17(26)24-14-7-10-25(11-8-14)30(27,28)16-2-1-9-22-12-16/h1-6,9,12,14H,7-8,10-11H2,(H2,23,24,26). The lowest BCUT2D eigenvalue weighted by molar-refractivity contribution is -0.274. The first-order valence-corrected chi connectivity index (χ1v) is 10.4. The van der Waals surface area contributed by atoms with Gasteiger partial charge in [-0.3, -0.25) is 4.98 Å². The number of urea groups is 1. The van der Waals surface area contributed by atoms with Crippen LogP contribution in [0.5, 0.6) is 5.75 Å². The summed E-state index contributed by atoms with van der Waals surface area (Å²) in [5, 5.41) is 5.26. The fourth-order valence-corrected chi connectivity index (χ4v) is 4.42. The summed E-state index contributed by atoms with van der Waals surface area (Å²) in [6.45, 7) is 0.483. The van der Waals surface area contributed by atoms with Crippen molar-refractivity contribution in [3.05, 3.63) is 48.8 Å². The number of hydrogen-bond acceptors (Lipinski definition) is 5. The number of aromatic nitrogens is 1. The summed E-state index contributed by atoms with van der Waals surface area (Å²) < 4.78 is 66.8. The molecule has 0 atom stereocenters. The molecule has 0 unspecified atom stereocenters. The summed E-state index contributed by atoms with van der Waals surface area (Å²) in [7, 11) is -3.63. The van der Waals surface area contributed by atoms with Crippen LogP contribution in [0.3, 0.4) is 0 Å². The fraction of sp³-hybridized carbons (Fsp3) is 0.333. The highest BCUT2D eigenvalue weighted by Crippen LogP contribution is 2.24. The van der Waals surface area contributed by atoms with Gasteiger partial charge in [0.1, 0.15) is 10.6 Å². The number of rotatable bonds is 5. The highest BCUT2D eigenvalue weighted by molar-refractivity contribution is 7.89. The van der Waals surface area contributed by atoms with Crippen LogP contribution < -0.4 is 15.4 Å². The number of alkyl halides is 3. The van der Waals surface area contributed by atoms with E-state index in [4.69, 9.17) is 0 Å². The second-order valence-electron chi connectivity index (χ2n) is 6.54. The first-order valence-electron chi connectivity index (χ1n) is 8.97. The minimum absolute atomic E-state index is 0.118. The summed E-state index contributed by atoms with van der Waals surface area (Å²) in [5.74, 6) is -0.393. The van der Waals surface area contributed by atoms with E-state index in [1.807, 2.05) is 0 Å². The average Bonchev–Trinajstić information content (AvgIpc) is 2.69. The molecule has 2 heterocycles. The number of sulfonamides is 1. The summed E-state index contributed by atoms with van der Waals surface area (Å²) >= 11 is 0. The number of amides is 2. The van der Waals surface area contributed by atoms with E-state index >= 15 is 0 Å². The van der Waals surface area contributed by atoms with E-state index in [-0.39, 0.29) is 24.0 Å². The third-order valence-corrected chi connectivity index (χ3v) is 6.29. The van der Waals surface area contributed by atoms with Gasteiger partial charge >= 0.3 is 12.4 Å². The van der Waals surface area contributed by atoms with Crippen LogP contribution in [0.1, 0.15) is 12.8 Å². The van der Waals surface area contributed by atoms with E-state index in [2.05, 4.69) is 20.4 Å². The Labute approximate surface area is 171 Å². The molecule has 12 heteroatoms.